The highest BCUT2D eigenvalue weighted by Crippen LogP contribution is 2.22. The van der Waals surface area contributed by atoms with Crippen molar-refractivity contribution in [2.45, 2.75) is 31.7 Å². The van der Waals surface area contributed by atoms with Crippen molar-refractivity contribution in [3.63, 3.8) is 0 Å². The molecule has 2 aromatic carbocycles. The van der Waals surface area contributed by atoms with Gasteiger partial charge in [0.15, 0.2) is 5.58 Å². The monoisotopic (exact) mass is 346 g/mol. The van der Waals surface area contributed by atoms with E-state index in [0.717, 1.165) is 12.0 Å². The lowest BCUT2D eigenvalue weighted by molar-refractivity contribution is 0.502. The van der Waals surface area contributed by atoms with Gasteiger partial charge in [-0.15, -0.1) is 0 Å². The number of fused-ring (bicyclic) bond motifs is 1. The number of anilines is 1. The van der Waals surface area contributed by atoms with Gasteiger partial charge < -0.3 is 4.42 Å². The summed E-state index contributed by atoms with van der Waals surface area (Å²) >= 11 is 0. The standard InChI is InChI=1S/C17H18N2O4S/c1-3-10-19-15-9-6-13(11-16(15)23-17(19)20)18-24(21,22)14-7-4-12(2)5-8-14/h4-9,11,18H,3,10H2,1-2H3. The summed E-state index contributed by atoms with van der Waals surface area (Å²) in [5.41, 5.74) is 2.34. The average molecular weight is 346 g/mol. The second kappa shape index (κ2) is 6.16. The van der Waals surface area contributed by atoms with Crippen molar-refractivity contribution in [3.8, 4) is 0 Å². The minimum atomic E-state index is -3.69. The quantitative estimate of drug-likeness (QED) is 0.769. The van der Waals surface area contributed by atoms with E-state index in [1.54, 1.807) is 36.4 Å². The molecule has 0 spiro atoms. The zero-order valence-electron chi connectivity index (χ0n) is 13.4. The second-order valence-corrected chi connectivity index (χ2v) is 7.30. The Hall–Kier alpha value is -2.54. The largest absolute Gasteiger partial charge is 0.419 e. The van der Waals surface area contributed by atoms with Gasteiger partial charge in [0, 0.05) is 12.6 Å². The molecule has 0 fully saturated rings. The molecule has 1 heterocycles. The molecule has 6 nitrogen and oxygen atoms in total. The average Bonchev–Trinajstić information content (AvgIpc) is 2.83. The molecule has 24 heavy (non-hydrogen) atoms. The third kappa shape index (κ3) is 3.07. The van der Waals surface area contributed by atoms with Crippen molar-refractivity contribution >= 4 is 26.8 Å². The molecular formula is C17H18N2O4S. The number of nitrogens with one attached hydrogen (secondary N) is 1. The van der Waals surface area contributed by atoms with Gasteiger partial charge in [-0.1, -0.05) is 24.6 Å². The fraction of sp³-hybridized carbons (Fsp3) is 0.235. The highest BCUT2D eigenvalue weighted by atomic mass is 32.2. The molecule has 0 saturated carbocycles. The number of sulfonamides is 1. The van der Waals surface area contributed by atoms with Gasteiger partial charge in [0.1, 0.15) is 0 Å². The molecule has 0 aliphatic heterocycles. The maximum atomic E-state index is 12.4. The van der Waals surface area contributed by atoms with Crippen LogP contribution in [0.2, 0.25) is 0 Å². The van der Waals surface area contributed by atoms with Gasteiger partial charge in [0.25, 0.3) is 10.0 Å². The molecule has 3 rings (SSSR count). The number of hydrogen-bond donors (Lipinski definition) is 1. The van der Waals surface area contributed by atoms with Crippen molar-refractivity contribution in [2.75, 3.05) is 4.72 Å². The first-order valence-electron chi connectivity index (χ1n) is 7.63. The predicted molar refractivity (Wildman–Crippen MR) is 92.8 cm³/mol. The molecule has 126 valence electrons. The summed E-state index contributed by atoms with van der Waals surface area (Å²) in [6.45, 7) is 4.41. The van der Waals surface area contributed by atoms with E-state index in [4.69, 9.17) is 4.42 Å². The molecule has 1 aromatic heterocycles. The highest BCUT2D eigenvalue weighted by Gasteiger charge is 2.15. The van der Waals surface area contributed by atoms with E-state index in [-0.39, 0.29) is 4.90 Å². The molecule has 0 atom stereocenters. The summed E-state index contributed by atoms with van der Waals surface area (Å²) in [5.74, 6) is -0.439. The van der Waals surface area contributed by atoms with Crippen LogP contribution >= 0.6 is 0 Å². The number of aryl methyl sites for hydroxylation is 2. The third-order valence-electron chi connectivity index (χ3n) is 3.70. The minimum Gasteiger partial charge on any atom is -0.408 e. The number of aromatic nitrogens is 1. The molecule has 0 saturated heterocycles. The van der Waals surface area contributed by atoms with E-state index in [9.17, 15) is 13.2 Å². The van der Waals surface area contributed by atoms with Gasteiger partial charge in [0.05, 0.1) is 16.1 Å². The number of hydrogen-bond acceptors (Lipinski definition) is 4. The topological polar surface area (TPSA) is 81.3 Å². The Bertz CT molecular complexity index is 1030. The van der Waals surface area contributed by atoms with Gasteiger partial charge in [-0.25, -0.2) is 13.2 Å². The van der Waals surface area contributed by atoms with E-state index in [0.29, 0.717) is 23.3 Å². The normalized spacial score (nSPS) is 11.8. The Labute approximate surface area is 139 Å². The summed E-state index contributed by atoms with van der Waals surface area (Å²) in [6, 6.07) is 11.4. The summed E-state index contributed by atoms with van der Waals surface area (Å²) < 4.78 is 34.1. The lowest BCUT2D eigenvalue weighted by Gasteiger charge is -2.08. The first-order valence-corrected chi connectivity index (χ1v) is 9.12. The van der Waals surface area contributed by atoms with Crippen molar-refractivity contribution in [2.24, 2.45) is 0 Å². The summed E-state index contributed by atoms with van der Waals surface area (Å²) in [5, 5.41) is 0. The van der Waals surface area contributed by atoms with Crippen LogP contribution in [0.1, 0.15) is 18.9 Å². The van der Waals surface area contributed by atoms with Crippen molar-refractivity contribution < 1.29 is 12.8 Å². The van der Waals surface area contributed by atoms with E-state index < -0.39 is 15.8 Å². The fourth-order valence-corrected chi connectivity index (χ4v) is 3.55. The first-order chi connectivity index (χ1) is 11.4. The van der Waals surface area contributed by atoms with Gasteiger partial charge >= 0.3 is 5.76 Å². The first kappa shape index (κ1) is 16.3. The van der Waals surface area contributed by atoms with Gasteiger partial charge in [-0.3, -0.25) is 9.29 Å². The van der Waals surface area contributed by atoms with Gasteiger partial charge in [-0.05, 0) is 37.6 Å². The molecule has 0 radical (unpaired) electrons. The van der Waals surface area contributed by atoms with E-state index >= 15 is 0 Å². The van der Waals surface area contributed by atoms with Crippen LogP contribution in [-0.2, 0) is 16.6 Å². The van der Waals surface area contributed by atoms with Gasteiger partial charge in [-0.2, -0.15) is 0 Å². The van der Waals surface area contributed by atoms with Crippen LogP contribution < -0.4 is 10.5 Å². The Morgan fingerprint density at radius 1 is 1.12 bits per heavy atom. The molecule has 1 N–H and O–H groups in total. The Kier molecular flexibility index (Phi) is 4.19. The van der Waals surface area contributed by atoms with Gasteiger partial charge in [0.2, 0.25) is 0 Å². The number of benzene rings is 2. The maximum Gasteiger partial charge on any atom is 0.419 e. The molecule has 0 amide bonds. The summed E-state index contributed by atoms with van der Waals surface area (Å²) in [6.07, 6.45) is 0.802. The lowest BCUT2D eigenvalue weighted by Crippen LogP contribution is -2.13. The molecular weight excluding hydrogens is 328 g/mol. The molecule has 0 aliphatic rings. The zero-order valence-corrected chi connectivity index (χ0v) is 14.3. The van der Waals surface area contributed by atoms with E-state index in [1.165, 1.54) is 10.6 Å². The van der Waals surface area contributed by atoms with Crippen molar-refractivity contribution in [3.05, 3.63) is 58.6 Å². The molecule has 0 unspecified atom stereocenters. The SMILES string of the molecule is CCCn1c(=O)oc2cc(NS(=O)(=O)c3ccc(C)cc3)ccc21. The highest BCUT2D eigenvalue weighted by molar-refractivity contribution is 7.92. The van der Waals surface area contributed by atoms with E-state index in [1.807, 2.05) is 13.8 Å². The van der Waals surface area contributed by atoms with Crippen molar-refractivity contribution in [1.29, 1.82) is 0 Å². The van der Waals surface area contributed by atoms with Crippen molar-refractivity contribution in [1.82, 2.24) is 4.57 Å². The fourth-order valence-electron chi connectivity index (χ4n) is 2.50. The molecule has 3 aromatic rings. The lowest BCUT2D eigenvalue weighted by atomic mass is 10.2. The van der Waals surface area contributed by atoms with E-state index in [2.05, 4.69) is 4.72 Å². The molecule has 0 bridgehead atoms. The van der Waals surface area contributed by atoms with Crippen LogP contribution in [0.4, 0.5) is 5.69 Å². The smallest absolute Gasteiger partial charge is 0.408 e. The van der Waals surface area contributed by atoms with Crippen LogP contribution in [0, 0.1) is 6.92 Å². The number of rotatable bonds is 5. The number of nitrogens with zero attached hydrogens (tertiary/aromatic N) is 1. The van der Waals surface area contributed by atoms with Crippen LogP contribution in [-0.4, -0.2) is 13.0 Å². The Morgan fingerprint density at radius 3 is 2.50 bits per heavy atom. The van der Waals surface area contributed by atoms with Crippen LogP contribution in [0.3, 0.4) is 0 Å². The minimum absolute atomic E-state index is 0.179. The van der Waals surface area contributed by atoms with Crippen LogP contribution in [0.25, 0.3) is 11.1 Å². The summed E-state index contributed by atoms with van der Waals surface area (Å²) in [4.78, 5) is 12.0. The van der Waals surface area contributed by atoms with Crippen LogP contribution in [0.15, 0.2) is 56.6 Å². The predicted octanol–water partition coefficient (Wildman–Crippen LogP) is 3.11. The summed E-state index contributed by atoms with van der Waals surface area (Å²) in [7, 11) is -3.69. The third-order valence-corrected chi connectivity index (χ3v) is 5.10. The Balaban J connectivity index is 1.95. The molecule has 0 aliphatic carbocycles. The van der Waals surface area contributed by atoms with Crippen LogP contribution in [0.5, 0.6) is 0 Å². The number of oxazole rings is 1. The maximum absolute atomic E-state index is 12.4. The second-order valence-electron chi connectivity index (χ2n) is 5.62. The zero-order chi connectivity index (χ0) is 17.3. The Morgan fingerprint density at radius 2 is 1.83 bits per heavy atom. The molecule has 7 heteroatoms.